The van der Waals surface area contributed by atoms with Crippen LogP contribution in [0.25, 0.3) is 0 Å². The summed E-state index contributed by atoms with van der Waals surface area (Å²) in [7, 11) is 0. The number of aromatic carboxylic acids is 1. The Morgan fingerprint density at radius 2 is 2.37 bits per heavy atom. The van der Waals surface area contributed by atoms with Gasteiger partial charge in [0.2, 0.25) is 5.91 Å². The number of rotatable bonds is 4. The Morgan fingerprint density at radius 3 is 3.00 bits per heavy atom. The van der Waals surface area contributed by atoms with Crippen LogP contribution in [0.4, 0.5) is 0 Å². The number of carbonyl (C=O) groups is 2. The third kappa shape index (κ3) is 3.28. The standard InChI is InChI=1S/C11H16N4O4/c1-2-8-5-14(3-4-19-8)10(16)7-15-6-9(11(17)18)12-13-15/h6,8H,2-5,7H2,1H3,(H,17,18). The lowest BCUT2D eigenvalue weighted by Crippen LogP contribution is -2.46. The summed E-state index contributed by atoms with van der Waals surface area (Å²) in [6.07, 6.45) is 2.18. The van der Waals surface area contributed by atoms with Crippen LogP contribution in [0.5, 0.6) is 0 Å². The minimum Gasteiger partial charge on any atom is -0.476 e. The van der Waals surface area contributed by atoms with Gasteiger partial charge in [-0.3, -0.25) is 4.79 Å². The van der Waals surface area contributed by atoms with Gasteiger partial charge in [0.15, 0.2) is 5.69 Å². The molecule has 1 atom stereocenters. The van der Waals surface area contributed by atoms with E-state index in [1.807, 2.05) is 6.92 Å². The van der Waals surface area contributed by atoms with Crippen LogP contribution >= 0.6 is 0 Å². The van der Waals surface area contributed by atoms with Crippen LogP contribution < -0.4 is 0 Å². The number of hydrogen-bond acceptors (Lipinski definition) is 5. The highest BCUT2D eigenvalue weighted by Crippen LogP contribution is 2.09. The molecule has 1 N–H and O–H groups in total. The molecule has 2 heterocycles. The minimum absolute atomic E-state index is 0.00326. The molecule has 1 amide bonds. The molecule has 0 spiro atoms. The third-order valence-electron chi connectivity index (χ3n) is 3.00. The van der Waals surface area contributed by atoms with Gasteiger partial charge in [0, 0.05) is 13.1 Å². The number of ether oxygens (including phenoxy) is 1. The van der Waals surface area contributed by atoms with Crippen LogP contribution in [0.2, 0.25) is 0 Å². The van der Waals surface area contributed by atoms with Crippen molar-refractivity contribution in [3.05, 3.63) is 11.9 Å². The predicted octanol–water partition coefficient (Wildman–Crippen LogP) is -0.386. The predicted molar refractivity (Wildman–Crippen MR) is 63.6 cm³/mol. The van der Waals surface area contributed by atoms with Crippen molar-refractivity contribution in [2.45, 2.75) is 26.0 Å². The molecule has 2 rings (SSSR count). The number of carboxylic acid groups (broad SMARTS) is 1. The van der Waals surface area contributed by atoms with Crippen molar-refractivity contribution in [2.75, 3.05) is 19.7 Å². The molecule has 8 heteroatoms. The average molecular weight is 268 g/mol. The first-order valence-electron chi connectivity index (χ1n) is 6.13. The van der Waals surface area contributed by atoms with Gasteiger partial charge in [-0.25, -0.2) is 9.48 Å². The summed E-state index contributed by atoms with van der Waals surface area (Å²) in [6.45, 7) is 3.65. The van der Waals surface area contributed by atoms with Gasteiger partial charge in [0.05, 0.1) is 18.9 Å². The Labute approximate surface area is 109 Å². The van der Waals surface area contributed by atoms with Crippen molar-refractivity contribution >= 4 is 11.9 Å². The molecule has 8 nitrogen and oxygen atoms in total. The van der Waals surface area contributed by atoms with E-state index in [1.165, 1.54) is 10.9 Å². The minimum atomic E-state index is -1.16. The first-order valence-corrected chi connectivity index (χ1v) is 6.13. The molecule has 0 bridgehead atoms. The summed E-state index contributed by atoms with van der Waals surface area (Å²) in [5.41, 5.74) is -0.166. The van der Waals surface area contributed by atoms with E-state index < -0.39 is 5.97 Å². The number of hydrogen-bond donors (Lipinski definition) is 1. The quantitative estimate of drug-likeness (QED) is 0.799. The van der Waals surface area contributed by atoms with Crippen LogP contribution in [-0.4, -0.2) is 62.7 Å². The Hall–Kier alpha value is -1.96. The van der Waals surface area contributed by atoms with Gasteiger partial charge in [-0.2, -0.15) is 0 Å². The molecule has 0 aromatic carbocycles. The second-order valence-electron chi connectivity index (χ2n) is 4.35. The first-order chi connectivity index (χ1) is 9.10. The largest absolute Gasteiger partial charge is 0.476 e. The fourth-order valence-corrected chi connectivity index (χ4v) is 1.91. The second kappa shape index (κ2) is 5.79. The summed E-state index contributed by atoms with van der Waals surface area (Å²) in [5.74, 6) is -1.26. The Balaban J connectivity index is 1.94. The summed E-state index contributed by atoms with van der Waals surface area (Å²) in [4.78, 5) is 24.4. The summed E-state index contributed by atoms with van der Waals surface area (Å²) in [5, 5.41) is 15.8. The zero-order chi connectivity index (χ0) is 13.8. The lowest BCUT2D eigenvalue weighted by atomic mass is 10.2. The van der Waals surface area contributed by atoms with Gasteiger partial charge in [0.25, 0.3) is 0 Å². The lowest BCUT2D eigenvalue weighted by Gasteiger charge is -2.32. The van der Waals surface area contributed by atoms with Crippen LogP contribution in [0.1, 0.15) is 23.8 Å². The highest BCUT2D eigenvalue weighted by Gasteiger charge is 2.23. The molecule has 1 fully saturated rings. The van der Waals surface area contributed by atoms with Crippen molar-refractivity contribution in [1.82, 2.24) is 19.9 Å². The molecule has 0 saturated carbocycles. The average Bonchev–Trinajstić information content (AvgIpc) is 2.87. The normalized spacial score (nSPS) is 19.4. The molecule has 1 saturated heterocycles. The molecular formula is C11H16N4O4. The van der Waals surface area contributed by atoms with Crippen LogP contribution in [-0.2, 0) is 16.1 Å². The van der Waals surface area contributed by atoms with Crippen molar-refractivity contribution in [3.8, 4) is 0 Å². The van der Waals surface area contributed by atoms with Gasteiger partial charge in [-0.15, -0.1) is 5.10 Å². The molecule has 104 valence electrons. The Bertz CT molecular complexity index is 473. The summed E-state index contributed by atoms with van der Waals surface area (Å²) in [6, 6.07) is 0. The molecule has 0 aliphatic carbocycles. The molecule has 19 heavy (non-hydrogen) atoms. The number of amides is 1. The number of carbonyl (C=O) groups excluding carboxylic acids is 1. The van der Waals surface area contributed by atoms with Crippen LogP contribution in [0, 0.1) is 0 Å². The number of carboxylic acids is 1. The zero-order valence-electron chi connectivity index (χ0n) is 10.7. The maximum Gasteiger partial charge on any atom is 0.358 e. The van der Waals surface area contributed by atoms with E-state index in [2.05, 4.69) is 10.3 Å². The maximum atomic E-state index is 12.0. The van der Waals surface area contributed by atoms with Crippen LogP contribution in [0.3, 0.4) is 0 Å². The highest BCUT2D eigenvalue weighted by atomic mass is 16.5. The fourth-order valence-electron chi connectivity index (χ4n) is 1.91. The third-order valence-corrected chi connectivity index (χ3v) is 3.00. The van der Waals surface area contributed by atoms with Gasteiger partial charge in [-0.1, -0.05) is 12.1 Å². The Kier molecular flexibility index (Phi) is 4.10. The van der Waals surface area contributed by atoms with Crippen molar-refractivity contribution in [2.24, 2.45) is 0 Å². The molecule has 1 aromatic heterocycles. The smallest absolute Gasteiger partial charge is 0.358 e. The van der Waals surface area contributed by atoms with E-state index in [0.717, 1.165) is 6.42 Å². The maximum absolute atomic E-state index is 12.0. The summed E-state index contributed by atoms with van der Waals surface area (Å²) >= 11 is 0. The van der Waals surface area contributed by atoms with Gasteiger partial charge < -0.3 is 14.7 Å². The van der Waals surface area contributed by atoms with Gasteiger partial charge >= 0.3 is 5.97 Å². The van der Waals surface area contributed by atoms with E-state index in [4.69, 9.17) is 9.84 Å². The SMILES string of the molecule is CCC1CN(C(=O)Cn2cc(C(=O)O)nn2)CCO1. The number of nitrogens with zero attached hydrogens (tertiary/aromatic N) is 4. The van der Waals surface area contributed by atoms with Crippen molar-refractivity contribution in [1.29, 1.82) is 0 Å². The number of aromatic nitrogens is 3. The van der Waals surface area contributed by atoms with Crippen LogP contribution in [0.15, 0.2) is 6.20 Å². The number of morpholine rings is 1. The van der Waals surface area contributed by atoms with Crippen molar-refractivity contribution < 1.29 is 19.4 Å². The molecular weight excluding hydrogens is 252 g/mol. The fraction of sp³-hybridized carbons (Fsp3) is 0.636. The van der Waals surface area contributed by atoms with E-state index >= 15 is 0 Å². The second-order valence-corrected chi connectivity index (χ2v) is 4.35. The zero-order valence-corrected chi connectivity index (χ0v) is 10.7. The van der Waals surface area contributed by atoms with E-state index in [1.54, 1.807) is 4.90 Å². The Morgan fingerprint density at radius 1 is 1.58 bits per heavy atom. The van der Waals surface area contributed by atoms with E-state index in [-0.39, 0.29) is 24.2 Å². The van der Waals surface area contributed by atoms with E-state index in [9.17, 15) is 9.59 Å². The topological polar surface area (TPSA) is 97.6 Å². The van der Waals surface area contributed by atoms with Gasteiger partial charge in [-0.05, 0) is 6.42 Å². The molecule has 1 unspecified atom stereocenters. The van der Waals surface area contributed by atoms with E-state index in [0.29, 0.717) is 19.7 Å². The monoisotopic (exact) mass is 268 g/mol. The molecule has 1 aromatic rings. The molecule has 1 aliphatic heterocycles. The summed E-state index contributed by atoms with van der Waals surface area (Å²) < 4.78 is 6.73. The lowest BCUT2D eigenvalue weighted by molar-refractivity contribution is -0.139. The van der Waals surface area contributed by atoms with Gasteiger partial charge in [0.1, 0.15) is 6.54 Å². The molecule has 1 aliphatic rings. The first kappa shape index (κ1) is 13.5. The highest BCUT2D eigenvalue weighted by molar-refractivity contribution is 5.84. The molecule has 0 radical (unpaired) electrons. The van der Waals surface area contributed by atoms with Crippen molar-refractivity contribution in [3.63, 3.8) is 0 Å².